The number of anilines is 2. The smallest absolute Gasteiger partial charge is 0.338 e. The van der Waals surface area contributed by atoms with E-state index < -0.39 is 35.8 Å². The Hall–Kier alpha value is -4.08. The number of hydrogen-bond donors (Lipinski definition) is 0. The molecule has 0 aromatic heterocycles. The van der Waals surface area contributed by atoms with E-state index in [0.29, 0.717) is 39.0 Å². The normalized spacial score (nSPS) is 20.5. The average molecular weight is 537 g/mol. The van der Waals surface area contributed by atoms with Crippen molar-refractivity contribution in [2.45, 2.75) is 19.1 Å². The van der Waals surface area contributed by atoms with Crippen LogP contribution in [-0.4, -0.2) is 44.7 Å². The van der Waals surface area contributed by atoms with E-state index in [2.05, 4.69) is 0 Å². The molecular formula is C28H25ClN2O7. The number of imide groups is 1. The quantitative estimate of drug-likeness (QED) is 0.320. The van der Waals surface area contributed by atoms with E-state index in [1.54, 1.807) is 73.7 Å². The van der Waals surface area contributed by atoms with Gasteiger partial charge in [-0.3, -0.25) is 14.4 Å². The molecule has 3 unspecified atom stereocenters. The van der Waals surface area contributed by atoms with Crippen molar-refractivity contribution in [2.24, 2.45) is 5.92 Å². The molecule has 0 spiro atoms. The van der Waals surface area contributed by atoms with Crippen LogP contribution in [0, 0.1) is 5.92 Å². The Bertz CT molecular complexity index is 1380. The molecule has 2 saturated heterocycles. The predicted octanol–water partition coefficient (Wildman–Crippen LogP) is 4.59. The van der Waals surface area contributed by atoms with Gasteiger partial charge in [-0.05, 0) is 67.6 Å². The first kappa shape index (κ1) is 25.6. The van der Waals surface area contributed by atoms with Crippen LogP contribution in [0.3, 0.4) is 0 Å². The molecule has 38 heavy (non-hydrogen) atoms. The minimum absolute atomic E-state index is 0.241. The van der Waals surface area contributed by atoms with Gasteiger partial charge in [0.25, 0.3) is 5.91 Å². The van der Waals surface area contributed by atoms with Gasteiger partial charge in [0.15, 0.2) is 6.10 Å². The first-order chi connectivity index (χ1) is 18.4. The summed E-state index contributed by atoms with van der Waals surface area (Å²) in [5.74, 6) is -1.22. The molecule has 5 rings (SSSR count). The predicted molar refractivity (Wildman–Crippen MR) is 139 cm³/mol. The lowest BCUT2D eigenvalue weighted by atomic mass is 9.90. The highest BCUT2D eigenvalue weighted by Crippen LogP contribution is 2.50. The van der Waals surface area contributed by atoms with Gasteiger partial charge >= 0.3 is 5.97 Å². The molecule has 2 amide bonds. The largest absolute Gasteiger partial charge is 0.497 e. The van der Waals surface area contributed by atoms with Crippen molar-refractivity contribution in [2.75, 3.05) is 30.8 Å². The van der Waals surface area contributed by atoms with Gasteiger partial charge in [0.1, 0.15) is 17.4 Å². The van der Waals surface area contributed by atoms with Gasteiger partial charge in [0.2, 0.25) is 5.91 Å². The van der Waals surface area contributed by atoms with Gasteiger partial charge in [-0.1, -0.05) is 11.6 Å². The molecule has 2 aliphatic heterocycles. The molecule has 0 saturated carbocycles. The zero-order chi connectivity index (χ0) is 27.0. The number of hydroxylamine groups is 1. The molecule has 2 aliphatic rings. The summed E-state index contributed by atoms with van der Waals surface area (Å²) in [5.41, 5.74) is 1.93. The van der Waals surface area contributed by atoms with Crippen molar-refractivity contribution in [1.29, 1.82) is 0 Å². The number of fused-ring (bicyclic) bond motifs is 1. The van der Waals surface area contributed by atoms with E-state index in [4.69, 9.17) is 30.6 Å². The van der Waals surface area contributed by atoms with E-state index >= 15 is 0 Å². The number of benzene rings is 3. The van der Waals surface area contributed by atoms with Gasteiger partial charge in [-0.15, -0.1) is 0 Å². The highest BCUT2D eigenvalue weighted by atomic mass is 35.5. The van der Waals surface area contributed by atoms with Crippen molar-refractivity contribution < 1.29 is 33.4 Å². The van der Waals surface area contributed by atoms with E-state index in [1.165, 1.54) is 19.2 Å². The third-order valence-electron chi connectivity index (χ3n) is 6.59. The number of carbonyl (C=O) groups is 3. The summed E-state index contributed by atoms with van der Waals surface area (Å²) in [6, 6.07) is 17.6. The highest BCUT2D eigenvalue weighted by molar-refractivity contribution is 6.30. The van der Waals surface area contributed by atoms with E-state index in [-0.39, 0.29) is 6.61 Å². The number of nitrogens with zero attached hydrogens (tertiary/aromatic N) is 2. The second-order valence-electron chi connectivity index (χ2n) is 8.69. The minimum atomic E-state index is -1.07. The van der Waals surface area contributed by atoms with E-state index in [0.717, 1.165) is 4.90 Å². The topological polar surface area (TPSA) is 94.6 Å². The standard InChI is InChI=1S/C28H25ClN2O7/c1-4-37-28(34)16-5-9-18(10-6-16)30-26(32)23-24(21-14-13-20(35-2)15-22(21)36-3)31(38-25(23)27(30)33)19-11-7-17(29)8-12-19/h5-15,23-25H,4H2,1-3H3. The van der Waals surface area contributed by atoms with Crippen molar-refractivity contribution >= 4 is 40.8 Å². The number of rotatable bonds is 7. The van der Waals surface area contributed by atoms with E-state index in [1.807, 2.05) is 0 Å². The van der Waals surface area contributed by atoms with Crippen molar-refractivity contribution in [1.82, 2.24) is 0 Å². The zero-order valence-electron chi connectivity index (χ0n) is 20.9. The SMILES string of the molecule is CCOC(=O)c1ccc(N2C(=O)C3ON(c4ccc(Cl)cc4)C(c4ccc(OC)cc4OC)C3C2=O)cc1. The van der Waals surface area contributed by atoms with Gasteiger partial charge in [0.05, 0.1) is 43.8 Å². The maximum atomic E-state index is 13.9. The molecule has 196 valence electrons. The maximum absolute atomic E-state index is 13.9. The molecular weight excluding hydrogens is 512 g/mol. The first-order valence-electron chi connectivity index (χ1n) is 12.0. The summed E-state index contributed by atoms with van der Waals surface area (Å²) < 4.78 is 16.0. The van der Waals surface area contributed by atoms with Crippen LogP contribution in [-0.2, 0) is 19.2 Å². The van der Waals surface area contributed by atoms with Crippen molar-refractivity contribution in [3.05, 3.63) is 82.9 Å². The third-order valence-corrected chi connectivity index (χ3v) is 6.84. The molecule has 3 atom stereocenters. The molecule has 3 aromatic carbocycles. The summed E-state index contributed by atoms with van der Waals surface area (Å²) in [4.78, 5) is 46.8. The molecule has 10 heteroatoms. The molecule has 2 fully saturated rings. The lowest BCUT2D eigenvalue weighted by molar-refractivity contribution is -0.126. The second-order valence-corrected chi connectivity index (χ2v) is 9.12. The van der Waals surface area contributed by atoms with Crippen LogP contribution in [0.2, 0.25) is 5.02 Å². The van der Waals surface area contributed by atoms with Crippen LogP contribution in [0.4, 0.5) is 11.4 Å². The monoisotopic (exact) mass is 536 g/mol. The van der Waals surface area contributed by atoms with Gasteiger partial charge in [-0.25, -0.2) is 14.8 Å². The number of hydrogen-bond acceptors (Lipinski definition) is 8. The summed E-state index contributed by atoms with van der Waals surface area (Å²) in [6.07, 6.45) is -1.07. The lowest BCUT2D eigenvalue weighted by Crippen LogP contribution is -2.37. The molecule has 3 aromatic rings. The summed E-state index contributed by atoms with van der Waals surface area (Å²) >= 11 is 6.09. The Balaban J connectivity index is 1.55. The van der Waals surface area contributed by atoms with Crippen LogP contribution >= 0.6 is 11.6 Å². The zero-order valence-corrected chi connectivity index (χ0v) is 21.7. The van der Waals surface area contributed by atoms with Crippen LogP contribution < -0.4 is 19.4 Å². The van der Waals surface area contributed by atoms with Crippen LogP contribution in [0.5, 0.6) is 11.5 Å². The van der Waals surface area contributed by atoms with E-state index in [9.17, 15) is 14.4 Å². The number of ether oxygens (including phenoxy) is 3. The van der Waals surface area contributed by atoms with Crippen LogP contribution in [0.1, 0.15) is 28.9 Å². The van der Waals surface area contributed by atoms with Gasteiger partial charge < -0.3 is 14.2 Å². The third kappa shape index (κ3) is 4.33. The number of esters is 1. The average Bonchev–Trinajstić information content (AvgIpc) is 3.44. The van der Waals surface area contributed by atoms with Gasteiger partial charge in [-0.2, -0.15) is 0 Å². The number of halogens is 1. The fraction of sp³-hybridized carbons (Fsp3) is 0.250. The maximum Gasteiger partial charge on any atom is 0.338 e. The van der Waals surface area contributed by atoms with Gasteiger partial charge in [0, 0.05) is 16.7 Å². The molecule has 0 aliphatic carbocycles. The molecule has 2 heterocycles. The summed E-state index contributed by atoms with van der Waals surface area (Å²) in [7, 11) is 3.07. The summed E-state index contributed by atoms with van der Waals surface area (Å²) in [5, 5.41) is 2.10. The molecule has 0 radical (unpaired) electrons. The number of amides is 2. The minimum Gasteiger partial charge on any atom is -0.497 e. The Labute approximate surface area is 224 Å². The van der Waals surface area contributed by atoms with Crippen LogP contribution in [0.25, 0.3) is 0 Å². The first-order valence-corrected chi connectivity index (χ1v) is 12.3. The second kappa shape index (κ2) is 10.4. The fourth-order valence-corrected chi connectivity index (χ4v) is 4.95. The highest BCUT2D eigenvalue weighted by Gasteiger charge is 2.60. The van der Waals surface area contributed by atoms with Crippen molar-refractivity contribution in [3.8, 4) is 11.5 Å². The van der Waals surface area contributed by atoms with Crippen molar-refractivity contribution in [3.63, 3.8) is 0 Å². The Morgan fingerprint density at radius 3 is 2.24 bits per heavy atom. The molecule has 9 nitrogen and oxygen atoms in total. The Morgan fingerprint density at radius 1 is 0.921 bits per heavy atom. The number of methoxy groups -OCH3 is 2. The Morgan fingerprint density at radius 2 is 1.61 bits per heavy atom. The number of carbonyl (C=O) groups excluding carboxylic acids is 3. The molecule has 0 N–H and O–H groups in total. The lowest BCUT2D eigenvalue weighted by Gasteiger charge is -2.29. The van der Waals surface area contributed by atoms with Crippen LogP contribution in [0.15, 0.2) is 66.7 Å². The fourth-order valence-electron chi connectivity index (χ4n) is 4.82. The summed E-state index contributed by atoms with van der Waals surface area (Å²) in [6.45, 7) is 1.96. The Kier molecular flexibility index (Phi) is 6.96. The molecule has 0 bridgehead atoms.